The molecule has 1 aliphatic heterocycles. The minimum atomic E-state index is -0.819. The van der Waals surface area contributed by atoms with E-state index in [4.69, 9.17) is 13.9 Å². The minimum Gasteiger partial charge on any atom is -0.464 e. The average molecular weight is 346 g/mol. The molecule has 1 unspecified atom stereocenters. The van der Waals surface area contributed by atoms with Gasteiger partial charge in [-0.05, 0) is 46.2 Å². The molecule has 136 valence electrons. The van der Waals surface area contributed by atoms with Gasteiger partial charge in [-0.2, -0.15) is 0 Å². The van der Waals surface area contributed by atoms with Crippen LogP contribution < -0.4 is 10.4 Å². The standard InChI is InChI=1S/C20H26O5/c1-11-8-7-9-13-15(11)17-16(18(22)23-13)20(6,12(2)21)10-14(24-17)25-19(3,4)5/h7-9,12,14,21H,10H2,1-6H3/t12?,14-,20-/m0/s1. The summed E-state index contributed by atoms with van der Waals surface area (Å²) in [6.45, 7) is 11.3. The van der Waals surface area contributed by atoms with Gasteiger partial charge in [0.15, 0.2) is 0 Å². The minimum absolute atomic E-state index is 0.372. The van der Waals surface area contributed by atoms with Gasteiger partial charge < -0.3 is 19.0 Å². The fraction of sp³-hybridized carbons (Fsp3) is 0.550. The maximum Gasteiger partial charge on any atom is 0.343 e. The van der Waals surface area contributed by atoms with Crippen LogP contribution in [0, 0.1) is 6.92 Å². The summed E-state index contributed by atoms with van der Waals surface area (Å²) in [6, 6.07) is 5.54. The molecule has 5 heteroatoms. The Morgan fingerprint density at radius 2 is 2.04 bits per heavy atom. The summed E-state index contributed by atoms with van der Waals surface area (Å²) in [5.41, 5.74) is 0.117. The van der Waals surface area contributed by atoms with Crippen molar-refractivity contribution in [1.29, 1.82) is 0 Å². The molecule has 0 amide bonds. The molecule has 5 nitrogen and oxygen atoms in total. The molecular weight excluding hydrogens is 320 g/mol. The normalized spacial score (nSPS) is 24.7. The molecule has 1 N–H and O–H groups in total. The second-order valence-electron chi connectivity index (χ2n) is 8.12. The van der Waals surface area contributed by atoms with E-state index in [1.165, 1.54) is 0 Å². The molecule has 3 rings (SSSR count). The predicted octanol–water partition coefficient (Wildman–Crippen LogP) is 3.66. The predicted molar refractivity (Wildman–Crippen MR) is 96.1 cm³/mol. The summed E-state index contributed by atoms with van der Waals surface area (Å²) in [4.78, 5) is 12.7. The largest absolute Gasteiger partial charge is 0.464 e. The number of aryl methyl sites for hydroxylation is 1. The number of aliphatic hydroxyl groups is 1. The fourth-order valence-corrected chi connectivity index (χ4v) is 3.46. The van der Waals surface area contributed by atoms with E-state index in [1.54, 1.807) is 13.0 Å². The van der Waals surface area contributed by atoms with Crippen LogP contribution in [0.25, 0.3) is 11.0 Å². The molecule has 0 fully saturated rings. The highest BCUT2D eigenvalue weighted by Gasteiger charge is 2.46. The number of rotatable bonds is 2. The molecule has 1 aromatic heterocycles. The number of ether oxygens (including phenoxy) is 2. The first-order valence-electron chi connectivity index (χ1n) is 8.62. The van der Waals surface area contributed by atoms with Gasteiger partial charge in [0.25, 0.3) is 0 Å². The molecule has 0 radical (unpaired) electrons. The van der Waals surface area contributed by atoms with E-state index in [0.29, 0.717) is 23.3 Å². The lowest BCUT2D eigenvalue weighted by atomic mass is 9.73. The molecule has 1 aromatic carbocycles. The van der Waals surface area contributed by atoms with E-state index >= 15 is 0 Å². The van der Waals surface area contributed by atoms with Crippen LogP contribution in [0.1, 0.15) is 52.2 Å². The van der Waals surface area contributed by atoms with Gasteiger partial charge in [-0.1, -0.05) is 19.1 Å². The van der Waals surface area contributed by atoms with Crippen molar-refractivity contribution in [3.05, 3.63) is 39.7 Å². The van der Waals surface area contributed by atoms with E-state index < -0.39 is 29.0 Å². The smallest absolute Gasteiger partial charge is 0.343 e. The van der Waals surface area contributed by atoms with Crippen molar-refractivity contribution in [3.8, 4) is 5.75 Å². The number of fused-ring (bicyclic) bond motifs is 3. The lowest BCUT2D eigenvalue weighted by molar-refractivity contribution is -0.173. The van der Waals surface area contributed by atoms with Crippen LogP contribution in [0.3, 0.4) is 0 Å². The van der Waals surface area contributed by atoms with Gasteiger partial charge >= 0.3 is 5.63 Å². The van der Waals surface area contributed by atoms with Gasteiger partial charge in [-0.25, -0.2) is 4.79 Å². The zero-order valence-corrected chi connectivity index (χ0v) is 15.7. The molecule has 2 heterocycles. The van der Waals surface area contributed by atoms with Crippen molar-refractivity contribution >= 4 is 11.0 Å². The maximum atomic E-state index is 12.7. The van der Waals surface area contributed by atoms with Crippen molar-refractivity contribution in [2.24, 2.45) is 0 Å². The Kier molecular flexibility index (Phi) is 4.20. The van der Waals surface area contributed by atoms with Crippen LogP contribution in [0.15, 0.2) is 27.4 Å². The Morgan fingerprint density at radius 3 is 2.64 bits per heavy atom. The molecule has 25 heavy (non-hydrogen) atoms. The Hall–Kier alpha value is -1.85. The van der Waals surface area contributed by atoms with Crippen LogP contribution in [0.2, 0.25) is 0 Å². The summed E-state index contributed by atoms with van der Waals surface area (Å²) in [7, 11) is 0. The fourth-order valence-electron chi connectivity index (χ4n) is 3.46. The van der Waals surface area contributed by atoms with Gasteiger partial charge in [-0.15, -0.1) is 0 Å². The van der Waals surface area contributed by atoms with Gasteiger partial charge in [0.05, 0.1) is 22.7 Å². The Bertz CT molecular complexity index is 859. The zero-order valence-electron chi connectivity index (χ0n) is 15.7. The highest BCUT2D eigenvalue weighted by molar-refractivity contribution is 5.88. The molecule has 0 aliphatic carbocycles. The SMILES string of the molecule is Cc1cccc2oc(=O)c3c(c12)O[C@@H](OC(C)(C)C)C[C@@]3(C)C(C)O. The van der Waals surface area contributed by atoms with E-state index in [1.807, 2.05) is 46.8 Å². The summed E-state index contributed by atoms with van der Waals surface area (Å²) in [5.74, 6) is 0.466. The highest BCUT2D eigenvalue weighted by atomic mass is 16.7. The Morgan fingerprint density at radius 1 is 1.36 bits per heavy atom. The molecular formula is C20H26O5. The van der Waals surface area contributed by atoms with Crippen molar-refractivity contribution in [3.63, 3.8) is 0 Å². The third-order valence-electron chi connectivity index (χ3n) is 4.91. The summed E-state index contributed by atoms with van der Waals surface area (Å²) < 4.78 is 17.7. The molecule has 0 bridgehead atoms. The monoisotopic (exact) mass is 346 g/mol. The molecule has 2 aromatic rings. The maximum absolute atomic E-state index is 12.7. The first kappa shape index (κ1) is 18.0. The van der Waals surface area contributed by atoms with Gasteiger partial charge in [0.1, 0.15) is 11.3 Å². The van der Waals surface area contributed by atoms with Gasteiger partial charge in [0.2, 0.25) is 6.29 Å². The van der Waals surface area contributed by atoms with E-state index in [2.05, 4.69) is 0 Å². The molecule has 3 atom stereocenters. The first-order valence-corrected chi connectivity index (χ1v) is 8.62. The third kappa shape index (κ3) is 3.07. The second kappa shape index (κ2) is 5.85. The Labute approximate surface area is 147 Å². The molecule has 0 spiro atoms. The zero-order chi connectivity index (χ0) is 18.6. The number of aliphatic hydroxyl groups excluding tert-OH is 1. The number of hydrogen-bond donors (Lipinski definition) is 1. The third-order valence-corrected chi connectivity index (χ3v) is 4.91. The van der Waals surface area contributed by atoms with Crippen LogP contribution in [0.5, 0.6) is 5.75 Å². The van der Waals surface area contributed by atoms with Crippen LogP contribution in [0.4, 0.5) is 0 Å². The quantitative estimate of drug-likeness (QED) is 0.841. The lowest BCUT2D eigenvalue weighted by Crippen LogP contribution is -2.48. The highest BCUT2D eigenvalue weighted by Crippen LogP contribution is 2.46. The van der Waals surface area contributed by atoms with E-state index in [9.17, 15) is 9.90 Å². The van der Waals surface area contributed by atoms with Crippen molar-refractivity contribution in [1.82, 2.24) is 0 Å². The van der Waals surface area contributed by atoms with Crippen LogP contribution in [-0.2, 0) is 10.2 Å². The van der Waals surface area contributed by atoms with Crippen molar-refractivity contribution in [2.45, 2.75) is 71.4 Å². The summed E-state index contributed by atoms with van der Waals surface area (Å²) in [6.07, 6.45) is -0.945. The van der Waals surface area contributed by atoms with E-state index in [0.717, 1.165) is 10.9 Å². The number of hydrogen-bond acceptors (Lipinski definition) is 5. The number of benzene rings is 1. The lowest BCUT2D eigenvalue weighted by Gasteiger charge is -2.42. The summed E-state index contributed by atoms with van der Waals surface area (Å²) in [5, 5.41) is 11.2. The second-order valence-corrected chi connectivity index (χ2v) is 8.12. The van der Waals surface area contributed by atoms with Crippen molar-refractivity contribution in [2.75, 3.05) is 0 Å². The van der Waals surface area contributed by atoms with Crippen LogP contribution in [-0.4, -0.2) is 23.1 Å². The van der Waals surface area contributed by atoms with E-state index in [-0.39, 0.29) is 0 Å². The first-order chi connectivity index (χ1) is 11.5. The molecule has 0 saturated carbocycles. The van der Waals surface area contributed by atoms with Gasteiger partial charge in [-0.3, -0.25) is 0 Å². The van der Waals surface area contributed by atoms with Crippen LogP contribution >= 0.6 is 0 Å². The Balaban J connectivity index is 2.29. The summed E-state index contributed by atoms with van der Waals surface area (Å²) >= 11 is 0. The molecule has 0 saturated heterocycles. The molecule has 1 aliphatic rings. The van der Waals surface area contributed by atoms with Crippen molar-refractivity contribution < 1.29 is 19.0 Å². The average Bonchev–Trinajstić information content (AvgIpc) is 2.44. The van der Waals surface area contributed by atoms with Gasteiger partial charge in [0, 0.05) is 11.8 Å². The topological polar surface area (TPSA) is 68.9 Å².